The van der Waals surface area contributed by atoms with Gasteiger partial charge in [0.2, 0.25) is 0 Å². The Morgan fingerprint density at radius 1 is 0.348 bits per heavy atom. The van der Waals surface area contributed by atoms with Gasteiger partial charge in [0.1, 0.15) is 19.3 Å². The Bertz CT molecular complexity index is 1830. The van der Waals surface area contributed by atoms with Crippen molar-refractivity contribution in [3.05, 3.63) is 24.3 Å². The second-order valence-electron chi connectivity index (χ2n) is 25.5. The Kier molecular flexibility index (Phi) is 60.0. The first-order valence-electron chi connectivity index (χ1n) is 35.8. The third kappa shape index (κ3) is 64.1. The van der Waals surface area contributed by atoms with E-state index >= 15 is 0 Å². The minimum atomic E-state index is -4.96. The van der Waals surface area contributed by atoms with Crippen molar-refractivity contribution in [2.24, 2.45) is 11.8 Å². The number of carbonyl (C=O) groups is 4. The summed E-state index contributed by atoms with van der Waals surface area (Å²) in [4.78, 5) is 72.5. The van der Waals surface area contributed by atoms with Crippen molar-refractivity contribution in [3.63, 3.8) is 0 Å². The van der Waals surface area contributed by atoms with E-state index in [9.17, 15) is 43.2 Å². The van der Waals surface area contributed by atoms with Gasteiger partial charge in [-0.05, 0) is 63.2 Å². The zero-order valence-electron chi connectivity index (χ0n) is 57.2. The van der Waals surface area contributed by atoms with Crippen molar-refractivity contribution in [1.82, 2.24) is 0 Å². The van der Waals surface area contributed by atoms with Gasteiger partial charge in [0.25, 0.3) is 0 Å². The van der Waals surface area contributed by atoms with Crippen LogP contribution in [-0.2, 0) is 65.4 Å². The van der Waals surface area contributed by atoms with Crippen molar-refractivity contribution >= 4 is 39.5 Å². The van der Waals surface area contributed by atoms with Gasteiger partial charge in [-0.15, -0.1) is 0 Å². The van der Waals surface area contributed by atoms with E-state index in [4.69, 9.17) is 37.0 Å². The smallest absolute Gasteiger partial charge is 0.462 e. The van der Waals surface area contributed by atoms with E-state index < -0.39 is 97.5 Å². The van der Waals surface area contributed by atoms with Crippen LogP contribution in [0.1, 0.15) is 330 Å². The second-order valence-corrected chi connectivity index (χ2v) is 28.4. The highest BCUT2D eigenvalue weighted by Crippen LogP contribution is 2.45. The zero-order chi connectivity index (χ0) is 65.7. The maximum atomic E-state index is 13.0. The topological polar surface area (TPSA) is 237 Å². The average Bonchev–Trinajstić information content (AvgIpc) is 3.58. The van der Waals surface area contributed by atoms with Crippen LogP contribution in [0.5, 0.6) is 0 Å². The van der Waals surface area contributed by atoms with E-state index in [1.807, 2.05) is 0 Å². The van der Waals surface area contributed by atoms with Gasteiger partial charge in [0.15, 0.2) is 12.2 Å². The number of rotatable bonds is 67. The fourth-order valence-electron chi connectivity index (χ4n) is 10.1. The summed E-state index contributed by atoms with van der Waals surface area (Å²) in [5.41, 5.74) is 0. The van der Waals surface area contributed by atoms with Crippen molar-refractivity contribution < 1.29 is 80.2 Å². The lowest BCUT2D eigenvalue weighted by Gasteiger charge is -2.21. The molecule has 0 aromatic carbocycles. The Hall–Kier alpha value is -2.46. The van der Waals surface area contributed by atoms with Gasteiger partial charge in [-0.1, -0.05) is 278 Å². The van der Waals surface area contributed by atoms with Crippen LogP contribution in [0, 0.1) is 11.8 Å². The maximum Gasteiger partial charge on any atom is 0.472 e. The average molecular weight is 1310 g/mol. The molecule has 0 rings (SSSR count). The van der Waals surface area contributed by atoms with E-state index in [1.165, 1.54) is 128 Å². The number of phosphoric ester groups is 2. The fraction of sp³-hybridized carbons (Fsp3) is 0.886. The largest absolute Gasteiger partial charge is 0.472 e. The molecule has 0 saturated heterocycles. The molecule has 5 atom stereocenters. The summed E-state index contributed by atoms with van der Waals surface area (Å²) in [6.07, 6.45) is 49.5. The molecule has 524 valence electrons. The molecule has 0 aliphatic carbocycles. The van der Waals surface area contributed by atoms with Crippen molar-refractivity contribution in [2.45, 2.75) is 349 Å². The Balaban J connectivity index is 5.28. The van der Waals surface area contributed by atoms with E-state index in [0.717, 1.165) is 115 Å². The molecule has 0 radical (unpaired) electrons. The summed E-state index contributed by atoms with van der Waals surface area (Å²) in [5.74, 6) is -0.710. The van der Waals surface area contributed by atoms with E-state index in [0.29, 0.717) is 31.6 Å². The normalized spacial score (nSPS) is 14.3. The summed E-state index contributed by atoms with van der Waals surface area (Å²) < 4.78 is 68.2. The molecule has 3 N–H and O–H groups in total. The number of esters is 4. The molecular weight excluding hydrogens is 1170 g/mol. The lowest BCUT2D eigenvalue weighted by Crippen LogP contribution is -2.30. The summed E-state index contributed by atoms with van der Waals surface area (Å²) in [5, 5.41) is 10.6. The molecular formula is C70H132O17P2. The number of aliphatic hydroxyl groups is 1. The zero-order valence-corrected chi connectivity index (χ0v) is 59.0. The Morgan fingerprint density at radius 3 is 0.921 bits per heavy atom. The third-order valence-corrected chi connectivity index (χ3v) is 17.5. The molecule has 0 saturated carbocycles. The molecule has 2 unspecified atom stereocenters. The molecule has 0 aromatic heterocycles. The Morgan fingerprint density at radius 2 is 0.607 bits per heavy atom. The van der Waals surface area contributed by atoms with Crippen LogP contribution in [0.2, 0.25) is 0 Å². The lowest BCUT2D eigenvalue weighted by atomic mass is 10.0. The second kappa shape index (κ2) is 61.7. The molecule has 0 spiro atoms. The summed E-state index contributed by atoms with van der Waals surface area (Å²) in [6.45, 7) is 9.39. The van der Waals surface area contributed by atoms with Gasteiger partial charge >= 0.3 is 39.5 Å². The highest BCUT2D eigenvalue weighted by atomic mass is 31.2. The van der Waals surface area contributed by atoms with E-state index in [-0.39, 0.29) is 25.7 Å². The molecule has 19 heteroatoms. The predicted octanol–water partition coefficient (Wildman–Crippen LogP) is 19.5. The highest BCUT2D eigenvalue weighted by Gasteiger charge is 2.30. The molecule has 89 heavy (non-hydrogen) atoms. The standard InChI is InChI=1S/C70H132O17P2/c1-7-9-11-13-15-17-19-20-21-22-26-31-35-43-49-55-70(75)86-65(58-80-67(72)52-46-40-33-29-27-23-25-28-32-38-44-50-62(3)4)60-84-88(76,77)82-56-64(71)57-83-89(78,79)85-61-66(59-81-68(73)53-47-41-37-36-39-45-51-63(5)6)87-69(74)54-48-42-34-30-24-18-16-14-12-10-8-2/h17,19-21,62-66,71H,7-16,18,22-61H2,1-6H3,(H,76,77)(H,78,79)/b19-17-,21-20-/t64-,65-,66-/m1/s1. The third-order valence-electron chi connectivity index (χ3n) is 15.6. The first-order valence-corrected chi connectivity index (χ1v) is 38.8. The quantitative estimate of drug-likeness (QED) is 0.0169. The van der Waals surface area contributed by atoms with Crippen molar-refractivity contribution in [3.8, 4) is 0 Å². The molecule has 0 aliphatic heterocycles. The Labute approximate surface area is 542 Å². The van der Waals surface area contributed by atoms with Gasteiger partial charge in [0, 0.05) is 25.7 Å². The van der Waals surface area contributed by atoms with E-state index in [1.54, 1.807) is 0 Å². The number of carbonyl (C=O) groups excluding carboxylic acids is 4. The van der Waals surface area contributed by atoms with Crippen LogP contribution >= 0.6 is 15.6 Å². The number of phosphoric acid groups is 2. The maximum absolute atomic E-state index is 13.0. The van der Waals surface area contributed by atoms with Gasteiger partial charge in [-0.25, -0.2) is 9.13 Å². The minimum absolute atomic E-state index is 0.0847. The highest BCUT2D eigenvalue weighted by molar-refractivity contribution is 7.47. The number of hydrogen-bond acceptors (Lipinski definition) is 15. The van der Waals surface area contributed by atoms with Gasteiger partial charge in [0.05, 0.1) is 26.4 Å². The van der Waals surface area contributed by atoms with Crippen LogP contribution in [0.4, 0.5) is 0 Å². The first kappa shape index (κ1) is 86.5. The van der Waals surface area contributed by atoms with Crippen molar-refractivity contribution in [2.75, 3.05) is 39.6 Å². The SMILES string of the molecule is CCCCCC/C=C\C=C/CCCCCCCC(=O)O[C@H](COC(=O)CCCCCCCCCCCCCC(C)C)COP(=O)(O)OC[C@@H](O)COP(=O)(O)OC[C@@H](COC(=O)CCCCCCCCC(C)C)OC(=O)CCCCCCCCCCCCC. The summed E-state index contributed by atoms with van der Waals surface area (Å²) >= 11 is 0. The van der Waals surface area contributed by atoms with Crippen molar-refractivity contribution in [1.29, 1.82) is 0 Å². The predicted molar refractivity (Wildman–Crippen MR) is 358 cm³/mol. The molecule has 0 aliphatic rings. The van der Waals surface area contributed by atoms with Crippen LogP contribution in [0.15, 0.2) is 24.3 Å². The minimum Gasteiger partial charge on any atom is -0.462 e. The molecule has 0 amide bonds. The number of allylic oxidation sites excluding steroid dienone is 4. The van der Waals surface area contributed by atoms with Gasteiger partial charge in [-0.2, -0.15) is 0 Å². The fourth-order valence-corrected chi connectivity index (χ4v) is 11.6. The summed E-state index contributed by atoms with van der Waals surface area (Å²) in [6, 6.07) is 0. The number of ether oxygens (including phenoxy) is 4. The molecule has 0 bridgehead atoms. The van der Waals surface area contributed by atoms with Crippen LogP contribution in [0.3, 0.4) is 0 Å². The van der Waals surface area contributed by atoms with Crippen LogP contribution in [0.25, 0.3) is 0 Å². The van der Waals surface area contributed by atoms with Crippen LogP contribution in [-0.4, -0.2) is 96.7 Å². The molecule has 17 nitrogen and oxygen atoms in total. The van der Waals surface area contributed by atoms with Gasteiger partial charge in [-0.3, -0.25) is 37.3 Å². The number of unbranched alkanes of at least 4 members (excludes halogenated alkanes) is 34. The molecule has 0 heterocycles. The summed E-state index contributed by atoms with van der Waals surface area (Å²) in [7, 11) is -9.91. The molecule has 0 aromatic rings. The molecule has 0 fully saturated rings. The van der Waals surface area contributed by atoms with Gasteiger partial charge < -0.3 is 33.8 Å². The lowest BCUT2D eigenvalue weighted by molar-refractivity contribution is -0.161. The number of hydrogen-bond donors (Lipinski definition) is 3. The first-order chi connectivity index (χ1) is 42.9. The monoisotopic (exact) mass is 1310 g/mol. The number of aliphatic hydroxyl groups excluding tert-OH is 1. The van der Waals surface area contributed by atoms with Crippen LogP contribution < -0.4 is 0 Å². The van der Waals surface area contributed by atoms with E-state index in [2.05, 4.69) is 65.8 Å².